The smallest absolute Gasteiger partial charge is 0.338 e. The first-order valence-corrected chi connectivity index (χ1v) is 4.89. The number of aliphatic carboxylic acids is 1. The number of esters is 1. The average Bonchev–Trinajstić information content (AvgIpc) is 1.98. The van der Waals surface area contributed by atoms with Crippen molar-refractivity contribution < 1.29 is 19.4 Å². The van der Waals surface area contributed by atoms with Gasteiger partial charge in [0.15, 0.2) is 0 Å². The molecule has 0 aromatic heterocycles. The van der Waals surface area contributed by atoms with Crippen molar-refractivity contribution in [1.29, 1.82) is 0 Å². The molecule has 0 aromatic carbocycles. The fourth-order valence-electron chi connectivity index (χ4n) is 1.08. The molecular formula is C11H19NO4. The second kappa shape index (κ2) is 4.65. The van der Waals surface area contributed by atoms with Crippen LogP contribution in [0.5, 0.6) is 0 Å². The van der Waals surface area contributed by atoms with E-state index in [2.05, 4.69) is 6.58 Å². The zero-order chi connectivity index (χ0) is 13.1. The van der Waals surface area contributed by atoms with E-state index in [0.717, 1.165) is 0 Å². The van der Waals surface area contributed by atoms with Crippen molar-refractivity contribution in [2.24, 2.45) is 5.73 Å². The third-order valence-electron chi connectivity index (χ3n) is 1.73. The molecule has 0 saturated heterocycles. The maximum Gasteiger partial charge on any atom is 0.338 e. The average molecular weight is 229 g/mol. The summed E-state index contributed by atoms with van der Waals surface area (Å²) in [7, 11) is 0. The van der Waals surface area contributed by atoms with E-state index in [-0.39, 0.29) is 6.42 Å². The van der Waals surface area contributed by atoms with Gasteiger partial charge in [0.25, 0.3) is 0 Å². The number of hydrogen-bond donors (Lipinski definition) is 2. The number of hydrogen-bond acceptors (Lipinski definition) is 4. The Morgan fingerprint density at radius 1 is 1.38 bits per heavy atom. The number of ether oxygens (including phenoxy) is 1. The van der Waals surface area contributed by atoms with Gasteiger partial charge in [-0.05, 0) is 27.7 Å². The zero-order valence-corrected chi connectivity index (χ0v) is 10.2. The first-order chi connectivity index (χ1) is 6.99. The molecule has 5 nitrogen and oxygen atoms in total. The Kier molecular flexibility index (Phi) is 4.26. The lowest BCUT2D eigenvalue weighted by Crippen LogP contribution is -2.57. The van der Waals surface area contributed by atoms with Gasteiger partial charge in [0.2, 0.25) is 5.54 Å². The minimum Gasteiger partial charge on any atom is -0.479 e. The lowest BCUT2D eigenvalue weighted by molar-refractivity contribution is -0.169. The first kappa shape index (κ1) is 14.6. The predicted molar refractivity (Wildman–Crippen MR) is 59.8 cm³/mol. The molecule has 0 spiro atoms. The Bertz CT molecular complexity index is 316. The van der Waals surface area contributed by atoms with E-state index in [1.807, 2.05) is 0 Å². The fraction of sp³-hybridized carbons (Fsp3) is 0.636. The van der Waals surface area contributed by atoms with Gasteiger partial charge in [0, 0.05) is 6.42 Å². The molecule has 16 heavy (non-hydrogen) atoms. The van der Waals surface area contributed by atoms with Gasteiger partial charge in [-0.15, -0.1) is 6.58 Å². The van der Waals surface area contributed by atoms with E-state index < -0.39 is 23.1 Å². The van der Waals surface area contributed by atoms with Crippen LogP contribution in [0.2, 0.25) is 0 Å². The summed E-state index contributed by atoms with van der Waals surface area (Å²) < 4.78 is 4.98. The van der Waals surface area contributed by atoms with Gasteiger partial charge in [-0.25, -0.2) is 9.59 Å². The Balaban J connectivity index is 4.99. The van der Waals surface area contributed by atoms with E-state index >= 15 is 0 Å². The predicted octanol–water partition coefficient (Wildman–Crippen LogP) is 1.08. The number of rotatable bonds is 4. The number of carbonyl (C=O) groups is 2. The third-order valence-corrected chi connectivity index (χ3v) is 1.73. The molecule has 0 heterocycles. The summed E-state index contributed by atoms with van der Waals surface area (Å²) in [5.41, 5.74) is 3.24. The summed E-state index contributed by atoms with van der Waals surface area (Å²) in [4.78, 5) is 22.7. The van der Waals surface area contributed by atoms with Gasteiger partial charge < -0.3 is 15.6 Å². The third kappa shape index (κ3) is 4.02. The van der Waals surface area contributed by atoms with Crippen molar-refractivity contribution in [3.8, 4) is 0 Å². The number of carboxylic acids is 1. The second-order valence-electron chi connectivity index (χ2n) is 4.91. The van der Waals surface area contributed by atoms with Crippen molar-refractivity contribution in [3.63, 3.8) is 0 Å². The van der Waals surface area contributed by atoms with Crippen molar-refractivity contribution in [2.75, 3.05) is 0 Å². The maximum absolute atomic E-state index is 11.7. The van der Waals surface area contributed by atoms with Gasteiger partial charge >= 0.3 is 11.9 Å². The van der Waals surface area contributed by atoms with Crippen molar-refractivity contribution >= 4 is 11.9 Å². The lowest BCUT2D eigenvalue weighted by Gasteiger charge is -2.28. The molecule has 0 rings (SSSR count). The lowest BCUT2D eigenvalue weighted by atomic mass is 9.93. The molecule has 0 fully saturated rings. The largest absolute Gasteiger partial charge is 0.479 e. The van der Waals surface area contributed by atoms with Crippen LogP contribution in [0.15, 0.2) is 12.2 Å². The van der Waals surface area contributed by atoms with Crippen LogP contribution in [0.1, 0.15) is 34.1 Å². The second-order valence-corrected chi connectivity index (χ2v) is 4.91. The fourth-order valence-corrected chi connectivity index (χ4v) is 1.08. The Labute approximate surface area is 95.3 Å². The van der Waals surface area contributed by atoms with Gasteiger partial charge in [-0.3, -0.25) is 0 Å². The Hall–Kier alpha value is -1.36. The molecule has 0 bridgehead atoms. The van der Waals surface area contributed by atoms with Gasteiger partial charge in [0.05, 0.1) is 0 Å². The molecule has 0 saturated carbocycles. The van der Waals surface area contributed by atoms with E-state index in [1.165, 1.54) is 0 Å². The van der Waals surface area contributed by atoms with Crippen LogP contribution in [0.3, 0.4) is 0 Å². The van der Waals surface area contributed by atoms with Crippen molar-refractivity contribution in [1.82, 2.24) is 0 Å². The highest BCUT2D eigenvalue weighted by Crippen LogP contribution is 2.19. The minimum atomic E-state index is -2.06. The molecule has 0 unspecified atom stereocenters. The molecule has 1 atom stereocenters. The SMILES string of the molecule is C=C(C)C[C@](N)(C(=O)O)C(=O)OC(C)(C)C. The van der Waals surface area contributed by atoms with E-state index in [9.17, 15) is 9.59 Å². The van der Waals surface area contributed by atoms with Crippen LogP contribution in [0, 0.1) is 0 Å². The van der Waals surface area contributed by atoms with Crippen LogP contribution in [0.4, 0.5) is 0 Å². The normalized spacial score (nSPS) is 15.1. The first-order valence-electron chi connectivity index (χ1n) is 4.89. The van der Waals surface area contributed by atoms with Crippen molar-refractivity contribution in [2.45, 2.75) is 45.3 Å². The summed E-state index contributed by atoms with van der Waals surface area (Å²) in [6, 6.07) is 0. The van der Waals surface area contributed by atoms with E-state index in [0.29, 0.717) is 5.57 Å². The standard InChI is InChI=1S/C11H19NO4/c1-7(2)6-11(12,8(13)14)9(15)16-10(3,4)5/h1,6,12H2,2-5H3,(H,13,14)/t11-/m0/s1. The number of carbonyl (C=O) groups excluding carboxylic acids is 1. The maximum atomic E-state index is 11.7. The van der Waals surface area contributed by atoms with E-state index in [1.54, 1.807) is 27.7 Å². The quantitative estimate of drug-likeness (QED) is 0.427. The molecule has 0 amide bonds. The van der Waals surface area contributed by atoms with E-state index in [4.69, 9.17) is 15.6 Å². The molecular weight excluding hydrogens is 210 g/mol. The highest BCUT2D eigenvalue weighted by atomic mass is 16.6. The van der Waals surface area contributed by atoms with Crippen LogP contribution in [-0.4, -0.2) is 28.2 Å². The number of carboxylic acid groups (broad SMARTS) is 1. The van der Waals surface area contributed by atoms with Crippen LogP contribution in [0.25, 0.3) is 0 Å². The summed E-state index contributed by atoms with van der Waals surface area (Å²) in [6.45, 7) is 10.1. The van der Waals surface area contributed by atoms with Crippen LogP contribution < -0.4 is 5.73 Å². The molecule has 0 aliphatic rings. The molecule has 3 N–H and O–H groups in total. The highest BCUT2D eigenvalue weighted by Gasteiger charge is 2.45. The highest BCUT2D eigenvalue weighted by molar-refractivity contribution is 6.04. The van der Waals surface area contributed by atoms with Crippen LogP contribution in [-0.2, 0) is 14.3 Å². The zero-order valence-electron chi connectivity index (χ0n) is 10.2. The summed E-state index contributed by atoms with van der Waals surface area (Å²) >= 11 is 0. The summed E-state index contributed by atoms with van der Waals surface area (Å²) in [5.74, 6) is -2.36. The van der Waals surface area contributed by atoms with Crippen LogP contribution >= 0.6 is 0 Å². The minimum absolute atomic E-state index is 0.142. The van der Waals surface area contributed by atoms with Crippen molar-refractivity contribution in [3.05, 3.63) is 12.2 Å². The molecule has 5 heteroatoms. The number of nitrogens with two attached hydrogens (primary N) is 1. The molecule has 92 valence electrons. The summed E-state index contributed by atoms with van der Waals surface area (Å²) in [6.07, 6.45) is -0.142. The monoisotopic (exact) mass is 229 g/mol. The van der Waals surface area contributed by atoms with Gasteiger partial charge in [0.1, 0.15) is 5.60 Å². The summed E-state index contributed by atoms with van der Waals surface area (Å²) in [5, 5.41) is 8.98. The molecule has 0 aliphatic heterocycles. The Morgan fingerprint density at radius 3 is 2.06 bits per heavy atom. The van der Waals surface area contributed by atoms with Gasteiger partial charge in [-0.1, -0.05) is 5.57 Å². The molecule has 0 aromatic rings. The molecule has 0 aliphatic carbocycles. The topological polar surface area (TPSA) is 89.6 Å². The Morgan fingerprint density at radius 2 is 1.81 bits per heavy atom. The van der Waals surface area contributed by atoms with Gasteiger partial charge in [-0.2, -0.15) is 0 Å². The molecule has 0 radical (unpaired) electrons.